The molecule has 4 nitrogen and oxygen atoms in total. The standard InChI is InChI=1S/C12H7Br3N4/c13-7-1-2-9(8(14)5-7)17-11-12-16-3-4-19(12)6-10(15)18-11/h1-6H,(H,17,18). The highest BCUT2D eigenvalue weighted by Crippen LogP contribution is 2.29. The normalized spacial score (nSPS) is 10.9. The number of imidazole rings is 1. The number of halogens is 3. The van der Waals surface area contributed by atoms with Crippen molar-refractivity contribution in [3.8, 4) is 0 Å². The summed E-state index contributed by atoms with van der Waals surface area (Å²) < 4.78 is 4.62. The number of anilines is 2. The van der Waals surface area contributed by atoms with Gasteiger partial charge in [-0.05, 0) is 50.1 Å². The zero-order chi connectivity index (χ0) is 13.4. The molecule has 0 bridgehead atoms. The van der Waals surface area contributed by atoms with Crippen LogP contribution >= 0.6 is 47.8 Å². The highest BCUT2D eigenvalue weighted by molar-refractivity contribution is 9.11. The van der Waals surface area contributed by atoms with Crippen LogP contribution in [-0.4, -0.2) is 14.4 Å². The third kappa shape index (κ3) is 2.68. The van der Waals surface area contributed by atoms with Gasteiger partial charge in [-0.3, -0.25) is 0 Å². The van der Waals surface area contributed by atoms with Crippen LogP contribution in [0.25, 0.3) is 5.65 Å². The summed E-state index contributed by atoms with van der Waals surface area (Å²) in [7, 11) is 0. The van der Waals surface area contributed by atoms with E-state index in [9.17, 15) is 0 Å². The number of benzene rings is 1. The molecule has 0 fully saturated rings. The number of nitrogens with one attached hydrogen (secondary N) is 1. The second-order valence-corrected chi connectivity index (χ2v) is 6.40. The molecule has 0 spiro atoms. The van der Waals surface area contributed by atoms with Crippen molar-refractivity contribution >= 4 is 64.9 Å². The zero-order valence-electron chi connectivity index (χ0n) is 9.44. The Balaban J connectivity index is 2.07. The smallest absolute Gasteiger partial charge is 0.180 e. The molecular weight excluding hydrogens is 440 g/mol. The lowest BCUT2D eigenvalue weighted by molar-refractivity contribution is 1.10. The molecule has 0 aliphatic rings. The Morgan fingerprint density at radius 1 is 1.16 bits per heavy atom. The fourth-order valence-corrected chi connectivity index (χ4v) is 3.25. The van der Waals surface area contributed by atoms with Crippen molar-refractivity contribution in [2.24, 2.45) is 0 Å². The third-order valence-corrected chi connectivity index (χ3v) is 4.06. The van der Waals surface area contributed by atoms with Crippen molar-refractivity contribution in [2.75, 3.05) is 5.32 Å². The number of rotatable bonds is 2. The predicted octanol–water partition coefficient (Wildman–Crippen LogP) is 4.76. The van der Waals surface area contributed by atoms with Gasteiger partial charge in [-0.2, -0.15) is 0 Å². The maximum absolute atomic E-state index is 4.42. The molecule has 2 heterocycles. The monoisotopic (exact) mass is 444 g/mol. The molecule has 1 aromatic carbocycles. The molecule has 7 heteroatoms. The Labute approximate surface area is 134 Å². The second kappa shape index (κ2) is 5.22. The van der Waals surface area contributed by atoms with Crippen molar-refractivity contribution in [2.45, 2.75) is 0 Å². The first kappa shape index (κ1) is 13.1. The SMILES string of the molecule is Brc1ccc(Nc2nc(Br)cn3ccnc23)c(Br)c1. The van der Waals surface area contributed by atoms with Crippen LogP contribution in [0, 0.1) is 0 Å². The summed E-state index contributed by atoms with van der Waals surface area (Å²) in [5.41, 5.74) is 1.71. The summed E-state index contributed by atoms with van der Waals surface area (Å²) in [5, 5.41) is 3.28. The fraction of sp³-hybridized carbons (Fsp3) is 0. The Morgan fingerprint density at radius 3 is 2.79 bits per heavy atom. The summed E-state index contributed by atoms with van der Waals surface area (Å²) in [5.74, 6) is 0.697. The van der Waals surface area contributed by atoms with Crippen molar-refractivity contribution in [1.29, 1.82) is 0 Å². The molecule has 0 aliphatic carbocycles. The Kier molecular flexibility index (Phi) is 3.60. The second-order valence-electron chi connectivity index (χ2n) is 3.82. The van der Waals surface area contributed by atoms with E-state index in [1.54, 1.807) is 6.20 Å². The van der Waals surface area contributed by atoms with Gasteiger partial charge in [-0.1, -0.05) is 15.9 Å². The quantitative estimate of drug-likeness (QED) is 0.617. The molecule has 0 aliphatic heterocycles. The fourth-order valence-electron chi connectivity index (χ4n) is 1.70. The molecule has 0 saturated heterocycles. The topological polar surface area (TPSA) is 42.2 Å². The molecular formula is C12H7Br3N4. The number of nitrogens with zero attached hydrogens (tertiary/aromatic N) is 3. The summed E-state index contributed by atoms with van der Waals surface area (Å²) >= 11 is 10.3. The third-order valence-electron chi connectivity index (χ3n) is 2.53. The lowest BCUT2D eigenvalue weighted by atomic mass is 10.3. The highest BCUT2D eigenvalue weighted by Gasteiger charge is 2.08. The van der Waals surface area contributed by atoms with Crippen LogP contribution < -0.4 is 5.32 Å². The number of fused-ring (bicyclic) bond motifs is 1. The van der Waals surface area contributed by atoms with Gasteiger partial charge in [0, 0.05) is 27.5 Å². The summed E-state index contributed by atoms with van der Waals surface area (Å²) in [4.78, 5) is 8.72. The van der Waals surface area contributed by atoms with Gasteiger partial charge in [0.15, 0.2) is 11.5 Å². The molecule has 96 valence electrons. The molecule has 3 rings (SSSR count). The predicted molar refractivity (Wildman–Crippen MR) is 85.8 cm³/mol. The number of hydrogen-bond donors (Lipinski definition) is 1. The first-order valence-electron chi connectivity index (χ1n) is 5.35. The van der Waals surface area contributed by atoms with E-state index < -0.39 is 0 Å². The van der Waals surface area contributed by atoms with Gasteiger partial charge >= 0.3 is 0 Å². The summed E-state index contributed by atoms with van der Waals surface area (Å²) in [6, 6.07) is 5.91. The van der Waals surface area contributed by atoms with Crippen LogP contribution in [0.1, 0.15) is 0 Å². The molecule has 0 radical (unpaired) electrons. The van der Waals surface area contributed by atoms with Crippen molar-refractivity contribution in [3.05, 3.63) is 50.3 Å². The van der Waals surface area contributed by atoms with Crippen LogP contribution in [0.4, 0.5) is 11.5 Å². The largest absolute Gasteiger partial charge is 0.336 e. The van der Waals surface area contributed by atoms with Gasteiger partial charge in [0.05, 0.1) is 5.69 Å². The maximum atomic E-state index is 4.42. The first-order chi connectivity index (χ1) is 9.13. The molecule has 0 unspecified atom stereocenters. The van der Waals surface area contributed by atoms with Gasteiger partial charge in [0.25, 0.3) is 0 Å². The van der Waals surface area contributed by atoms with Crippen molar-refractivity contribution < 1.29 is 0 Å². The van der Waals surface area contributed by atoms with Crippen molar-refractivity contribution in [1.82, 2.24) is 14.4 Å². The minimum absolute atomic E-state index is 0.697. The van der Waals surface area contributed by atoms with E-state index in [-0.39, 0.29) is 0 Å². The van der Waals surface area contributed by atoms with Gasteiger partial charge in [0.2, 0.25) is 0 Å². The van der Waals surface area contributed by atoms with Crippen LogP contribution in [0.2, 0.25) is 0 Å². The van der Waals surface area contributed by atoms with Crippen molar-refractivity contribution in [3.63, 3.8) is 0 Å². The van der Waals surface area contributed by atoms with E-state index in [4.69, 9.17) is 0 Å². The van der Waals surface area contributed by atoms with E-state index in [2.05, 4.69) is 63.1 Å². The van der Waals surface area contributed by atoms with E-state index in [0.717, 1.165) is 24.9 Å². The number of hydrogen-bond acceptors (Lipinski definition) is 3. The average Bonchev–Trinajstić information content (AvgIpc) is 2.80. The van der Waals surface area contributed by atoms with Crippen LogP contribution in [0.5, 0.6) is 0 Å². The molecule has 0 amide bonds. The lowest BCUT2D eigenvalue weighted by Crippen LogP contribution is -1.99. The minimum atomic E-state index is 0.697. The highest BCUT2D eigenvalue weighted by atomic mass is 79.9. The van der Waals surface area contributed by atoms with Gasteiger partial charge < -0.3 is 9.72 Å². The van der Waals surface area contributed by atoms with Gasteiger partial charge in [0.1, 0.15) is 4.60 Å². The molecule has 0 atom stereocenters. The Hall–Kier alpha value is -0.920. The number of aromatic nitrogens is 3. The lowest BCUT2D eigenvalue weighted by Gasteiger charge is -2.09. The molecule has 0 saturated carbocycles. The first-order valence-corrected chi connectivity index (χ1v) is 7.73. The Bertz CT molecular complexity index is 754. The van der Waals surface area contributed by atoms with E-state index in [1.807, 2.05) is 35.0 Å². The molecule has 2 aromatic heterocycles. The molecule has 19 heavy (non-hydrogen) atoms. The zero-order valence-corrected chi connectivity index (χ0v) is 14.2. The minimum Gasteiger partial charge on any atom is -0.336 e. The molecule has 3 aromatic rings. The van der Waals surface area contributed by atoms with E-state index in [0.29, 0.717) is 5.82 Å². The average molecular weight is 447 g/mol. The van der Waals surface area contributed by atoms with Crippen LogP contribution in [0.15, 0.2) is 50.3 Å². The van der Waals surface area contributed by atoms with E-state index >= 15 is 0 Å². The Morgan fingerprint density at radius 2 is 2.00 bits per heavy atom. The van der Waals surface area contributed by atoms with Gasteiger partial charge in [-0.25, -0.2) is 9.97 Å². The van der Waals surface area contributed by atoms with Crippen LogP contribution in [0.3, 0.4) is 0 Å². The summed E-state index contributed by atoms with van der Waals surface area (Å²) in [6.07, 6.45) is 5.49. The van der Waals surface area contributed by atoms with Gasteiger partial charge in [-0.15, -0.1) is 0 Å². The molecule has 1 N–H and O–H groups in total. The maximum Gasteiger partial charge on any atom is 0.180 e. The summed E-state index contributed by atoms with van der Waals surface area (Å²) in [6.45, 7) is 0. The van der Waals surface area contributed by atoms with E-state index in [1.165, 1.54) is 0 Å². The van der Waals surface area contributed by atoms with Crippen LogP contribution in [-0.2, 0) is 0 Å².